The molecule has 1 rings (SSSR count). The Morgan fingerprint density at radius 3 is 2.88 bits per heavy atom. The molecule has 3 heteroatoms. The molecule has 2 nitrogen and oxygen atoms in total. The summed E-state index contributed by atoms with van der Waals surface area (Å²) in [5.74, 6) is 1.61. The van der Waals surface area contributed by atoms with E-state index in [-0.39, 0.29) is 0 Å². The molecule has 0 bridgehead atoms. The van der Waals surface area contributed by atoms with Crippen molar-refractivity contribution in [1.82, 2.24) is 4.90 Å². The normalized spacial score (nSPS) is 22.9. The van der Waals surface area contributed by atoms with Crippen LogP contribution in [0.4, 0.5) is 0 Å². The summed E-state index contributed by atoms with van der Waals surface area (Å²) in [5, 5.41) is 1.15. The van der Waals surface area contributed by atoms with Crippen LogP contribution in [0.5, 0.6) is 0 Å². The van der Waals surface area contributed by atoms with Gasteiger partial charge in [0.1, 0.15) is 0 Å². The van der Waals surface area contributed by atoms with Crippen LogP contribution in [-0.4, -0.2) is 43.1 Å². The SMILES string of the molecule is CC(C)CCOCCN1CCCC(CBr)C1. The number of nitrogens with zero attached hydrogens (tertiary/aromatic N) is 1. The molecule has 1 heterocycles. The van der Waals surface area contributed by atoms with E-state index in [2.05, 4.69) is 34.7 Å². The molecule has 0 aromatic carbocycles. The van der Waals surface area contributed by atoms with Crippen LogP contribution in [0.1, 0.15) is 33.1 Å². The Hall–Kier alpha value is 0.400. The van der Waals surface area contributed by atoms with Crippen molar-refractivity contribution < 1.29 is 4.74 Å². The first-order chi connectivity index (χ1) is 7.72. The Kier molecular flexibility index (Phi) is 7.67. The van der Waals surface area contributed by atoms with Crippen LogP contribution < -0.4 is 0 Å². The van der Waals surface area contributed by atoms with E-state index in [0.29, 0.717) is 0 Å². The Balaban J connectivity index is 1.99. The summed E-state index contributed by atoms with van der Waals surface area (Å²) < 4.78 is 5.66. The molecule has 1 aliphatic rings. The van der Waals surface area contributed by atoms with Gasteiger partial charge in [0.05, 0.1) is 6.61 Å². The smallest absolute Gasteiger partial charge is 0.0593 e. The highest BCUT2D eigenvalue weighted by Crippen LogP contribution is 2.17. The molecule has 0 amide bonds. The second-order valence-electron chi connectivity index (χ2n) is 5.26. The fraction of sp³-hybridized carbons (Fsp3) is 1.00. The maximum absolute atomic E-state index is 5.66. The van der Waals surface area contributed by atoms with E-state index in [9.17, 15) is 0 Å². The van der Waals surface area contributed by atoms with Gasteiger partial charge in [-0.2, -0.15) is 0 Å². The first-order valence-corrected chi connectivity index (χ1v) is 7.70. The van der Waals surface area contributed by atoms with Gasteiger partial charge >= 0.3 is 0 Å². The molecule has 96 valence electrons. The van der Waals surface area contributed by atoms with E-state index < -0.39 is 0 Å². The molecule has 0 aliphatic carbocycles. The maximum atomic E-state index is 5.66. The zero-order chi connectivity index (χ0) is 11.8. The molecule has 16 heavy (non-hydrogen) atoms. The third kappa shape index (κ3) is 6.21. The predicted molar refractivity (Wildman–Crippen MR) is 73.2 cm³/mol. The van der Waals surface area contributed by atoms with E-state index in [1.54, 1.807) is 0 Å². The molecule has 1 aliphatic heterocycles. The maximum Gasteiger partial charge on any atom is 0.0593 e. The van der Waals surface area contributed by atoms with Crippen molar-refractivity contribution in [1.29, 1.82) is 0 Å². The van der Waals surface area contributed by atoms with Crippen molar-refractivity contribution in [2.45, 2.75) is 33.1 Å². The van der Waals surface area contributed by atoms with Crippen molar-refractivity contribution in [3.63, 3.8) is 0 Å². The molecule has 1 saturated heterocycles. The number of hydrogen-bond donors (Lipinski definition) is 0. The molecule has 0 saturated carbocycles. The summed E-state index contributed by atoms with van der Waals surface area (Å²) in [5.41, 5.74) is 0. The standard InChI is InChI=1S/C13H26BrNO/c1-12(2)5-8-16-9-7-15-6-3-4-13(10-14)11-15/h12-13H,3-11H2,1-2H3. The summed E-state index contributed by atoms with van der Waals surface area (Å²) >= 11 is 3.59. The van der Waals surface area contributed by atoms with E-state index in [1.807, 2.05) is 0 Å². The molecular weight excluding hydrogens is 266 g/mol. The largest absolute Gasteiger partial charge is 0.380 e. The molecule has 0 N–H and O–H groups in total. The van der Waals surface area contributed by atoms with E-state index in [4.69, 9.17) is 4.74 Å². The van der Waals surface area contributed by atoms with Gasteiger partial charge in [-0.25, -0.2) is 0 Å². The van der Waals surface area contributed by atoms with Crippen LogP contribution in [0, 0.1) is 11.8 Å². The van der Waals surface area contributed by atoms with Crippen LogP contribution in [0.3, 0.4) is 0 Å². The van der Waals surface area contributed by atoms with Crippen molar-refractivity contribution in [3.05, 3.63) is 0 Å². The van der Waals surface area contributed by atoms with Crippen LogP contribution >= 0.6 is 15.9 Å². The second kappa shape index (κ2) is 8.48. The van der Waals surface area contributed by atoms with Crippen LogP contribution in [0.15, 0.2) is 0 Å². The van der Waals surface area contributed by atoms with Crippen molar-refractivity contribution in [3.8, 4) is 0 Å². The lowest BCUT2D eigenvalue weighted by molar-refractivity contribution is 0.0821. The van der Waals surface area contributed by atoms with Gasteiger partial charge in [-0.3, -0.25) is 0 Å². The van der Waals surface area contributed by atoms with Crippen LogP contribution in [-0.2, 0) is 4.74 Å². The van der Waals surface area contributed by atoms with Gasteiger partial charge in [0.15, 0.2) is 0 Å². The Labute approximate surface area is 109 Å². The number of hydrogen-bond acceptors (Lipinski definition) is 2. The fourth-order valence-corrected chi connectivity index (χ4v) is 2.62. The number of alkyl halides is 1. The van der Waals surface area contributed by atoms with Gasteiger partial charge < -0.3 is 9.64 Å². The third-order valence-electron chi connectivity index (χ3n) is 3.21. The lowest BCUT2D eigenvalue weighted by Crippen LogP contribution is -2.38. The van der Waals surface area contributed by atoms with Gasteiger partial charge in [0, 0.05) is 25.0 Å². The van der Waals surface area contributed by atoms with Gasteiger partial charge in [0.25, 0.3) is 0 Å². The minimum atomic E-state index is 0.757. The lowest BCUT2D eigenvalue weighted by Gasteiger charge is -2.31. The minimum Gasteiger partial charge on any atom is -0.380 e. The summed E-state index contributed by atoms with van der Waals surface area (Å²) in [6.07, 6.45) is 3.92. The summed E-state index contributed by atoms with van der Waals surface area (Å²) in [6.45, 7) is 9.94. The predicted octanol–water partition coefficient (Wildman–Crippen LogP) is 3.16. The zero-order valence-corrected chi connectivity index (χ0v) is 12.3. The Bertz CT molecular complexity index is 175. The van der Waals surface area contributed by atoms with E-state index >= 15 is 0 Å². The van der Waals surface area contributed by atoms with Gasteiger partial charge in [-0.05, 0) is 37.6 Å². The van der Waals surface area contributed by atoms with Crippen molar-refractivity contribution in [2.24, 2.45) is 11.8 Å². The fourth-order valence-electron chi connectivity index (χ4n) is 2.10. The molecule has 0 aromatic heterocycles. The number of piperidine rings is 1. The molecule has 1 atom stereocenters. The quantitative estimate of drug-likeness (QED) is 0.528. The number of likely N-dealkylation sites (tertiary alicyclic amines) is 1. The Morgan fingerprint density at radius 2 is 2.19 bits per heavy atom. The summed E-state index contributed by atoms with van der Waals surface area (Å²) in [7, 11) is 0. The highest BCUT2D eigenvalue weighted by Gasteiger charge is 2.18. The topological polar surface area (TPSA) is 12.5 Å². The average Bonchev–Trinajstić information content (AvgIpc) is 2.28. The number of ether oxygens (including phenoxy) is 1. The first kappa shape index (κ1) is 14.5. The zero-order valence-electron chi connectivity index (χ0n) is 10.8. The van der Waals surface area contributed by atoms with E-state index in [1.165, 1.54) is 32.4 Å². The molecule has 1 unspecified atom stereocenters. The van der Waals surface area contributed by atoms with Crippen LogP contribution in [0.25, 0.3) is 0 Å². The van der Waals surface area contributed by atoms with Crippen LogP contribution in [0.2, 0.25) is 0 Å². The minimum absolute atomic E-state index is 0.757. The second-order valence-corrected chi connectivity index (χ2v) is 5.91. The van der Waals surface area contributed by atoms with Gasteiger partial charge in [0.2, 0.25) is 0 Å². The summed E-state index contributed by atoms with van der Waals surface area (Å²) in [6, 6.07) is 0. The number of rotatable bonds is 7. The molecule has 1 fully saturated rings. The average molecular weight is 292 g/mol. The van der Waals surface area contributed by atoms with Crippen molar-refractivity contribution >= 4 is 15.9 Å². The Morgan fingerprint density at radius 1 is 1.38 bits per heavy atom. The molecule has 0 aromatic rings. The lowest BCUT2D eigenvalue weighted by atomic mass is 10.0. The molecule has 0 spiro atoms. The molecular formula is C13H26BrNO. The van der Waals surface area contributed by atoms with Gasteiger partial charge in [-0.1, -0.05) is 29.8 Å². The summed E-state index contributed by atoms with van der Waals surface area (Å²) in [4.78, 5) is 2.55. The number of halogens is 1. The highest BCUT2D eigenvalue weighted by molar-refractivity contribution is 9.09. The van der Waals surface area contributed by atoms with E-state index in [0.717, 1.165) is 36.9 Å². The van der Waals surface area contributed by atoms with Gasteiger partial charge in [-0.15, -0.1) is 0 Å². The van der Waals surface area contributed by atoms with Crippen molar-refractivity contribution in [2.75, 3.05) is 38.2 Å². The third-order valence-corrected chi connectivity index (χ3v) is 4.13. The highest BCUT2D eigenvalue weighted by atomic mass is 79.9. The first-order valence-electron chi connectivity index (χ1n) is 6.58. The molecule has 0 radical (unpaired) electrons. The monoisotopic (exact) mass is 291 g/mol.